The first kappa shape index (κ1) is 38.0. The third-order valence-corrected chi connectivity index (χ3v) is 12.6. The minimum atomic E-state index is 0.194. The quantitative estimate of drug-likeness (QED) is 0.170. The topological polar surface area (TPSA) is 57.4 Å². The lowest BCUT2D eigenvalue weighted by molar-refractivity contribution is 0.477. The lowest BCUT2D eigenvalue weighted by Crippen LogP contribution is -2.11. The fourth-order valence-corrected chi connectivity index (χ4v) is 9.67. The number of furan rings is 1. The first-order valence-electron chi connectivity index (χ1n) is 21.8. The molecule has 6 nitrogen and oxygen atoms in total. The van der Waals surface area contributed by atoms with Gasteiger partial charge >= 0.3 is 0 Å². The van der Waals surface area contributed by atoms with Crippen LogP contribution in [-0.4, -0.2) is 20.9 Å². The Kier molecular flexibility index (Phi) is 8.91. The summed E-state index contributed by atoms with van der Waals surface area (Å²) in [6, 6.07) is 56.6. The van der Waals surface area contributed by atoms with Gasteiger partial charge in [-0.05, 0) is 126 Å². The molecule has 308 valence electrons. The van der Waals surface area contributed by atoms with Gasteiger partial charge in [-0.3, -0.25) is 4.98 Å². The van der Waals surface area contributed by atoms with Gasteiger partial charge in [0.1, 0.15) is 17.1 Å². The van der Waals surface area contributed by atoms with Crippen LogP contribution in [0.3, 0.4) is 0 Å². The van der Waals surface area contributed by atoms with Crippen molar-refractivity contribution in [2.24, 2.45) is 0 Å². The molecule has 0 amide bonds. The highest BCUT2D eigenvalue weighted by molar-refractivity contribution is 6.11. The molecule has 7 aromatic carbocycles. The molecule has 2 aliphatic rings. The number of hydrogen-bond acceptors (Lipinski definition) is 4. The fraction of sp³-hybridized carbons (Fsp3) is 0.0169. The molecule has 0 saturated carbocycles. The van der Waals surface area contributed by atoms with E-state index in [1.807, 2.05) is 61.7 Å². The Morgan fingerprint density at radius 3 is 2.23 bits per heavy atom. The van der Waals surface area contributed by atoms with Crippen LogP contribution in [0.5, 0.6) is 5.75 Å². The summed E-state index contributed by atoms with van der Waals surface area (Å²) in [5, 5.41) is 13.6. The minimum absolute atomic E-state index is 0.194. The molecule has 0 atom stereocenters. The van der Waals surface area contributed by atoms with Gasteiger partial charge in [0.05, 0.1) is 38.9 Å². The number of pyridine rings is 1. The molecule has 0 fully saturated rings. The maximum absolute atomic E-state index is 11.5. The Labute approximate surface area is 376 Å². The fourth-order valence-electron chi connectivity index (χ4n) is 9.67. The van der Waals surface area contributed by atoms with Gasteiger partial charge in [0, 0.05) is 57.8 Å². The van der Waals surface area contributed by atoms with Gasteiger partial charge in [0.25, 0.3) is 0 Å². The van der Waals surface area contributed by atoms with Crippen molar-refractivity contribution in [3.63, 3.8) is 0 Å². The van der Waals surface area contributed by atoms with E-state index in [1.54, 1.807) is 6.07 Å². The molecular weight excluding hydrogens is 797 g/mol. The molecule has 3 aromatic heterocycles. The van der Waals surface area contributed by atoms with E-state index in [1.165, 1.54) is 11.1 Å². The molecular formula is C59H41N4O2+. The Balaban J connectivity index is 0.957. The average molecular weight is 838 g/mol. The lowest BCUT2D eigenvalue weighted by Gasteiger charge is -2.26. The zero-order valence-electron chi connectivity index (χ0n) is 35.6. The highest BCUT2D eigenvalue weighted by atomic mass is 16.3. The third-order valence-electron chi connectivity index (χ3n) is 12.6. The summed E-state index contributed by atoms with van der Waals surface area (Å²) in [5.74, 6) is 0.961. The van der Waals surface area contributed by atoms with E-state index in [0.717, 1.165) is 106 Å². The van der Waals surface area contributed by atoms with Crippen molar-refractivity contribution < 1.29 is 9.52 Å². The first-order valence-corrected chi connectivity index (χ1v) is 21.8. The van der Waals surface area contributed by atoms with Crippen LogP contribution < -0.4 is 9.48 Å². The van der Waals surface area contributed by atoms with E-state index in [0.29, 0.717) is 0 Å². The Hall–Kier alpha value is -8.74. The van der Waals surface area contributed by atoms with Crippen molar-refractivity contribution >= 4 is 73.5 Å². The smallest absolute Gasteiger partial charge is 0.219 e. The number of fused-ring (bicyclic) bond motifs is 9. The number of anilines is 2. The Morgan fingerprint density at radius 1 is 0.646 bits per heavy atom. The zero-order chi connectivity index (χ0) is 43.6. The van der Waals surface area contributed by atoms with Crippen LogP contribution in [0.4, 0.5) is 22.7 Å². The molecule has 6 heteroatoms. The number of nitrogens with zero attached hydrogens (tertiary/aromatic N) is 4. The number of aromatic nitrogens is 2. The summed E-state index contributed by atoms with van der Waals surface area (Å²) >= 11 is 0. The largest absolute Gasteiger partial charge is 0.507 e. The van der Waals surface area contributed by atoms with Crippen LogP contribution in [0.15, 0.2) is 211 Å². The highest BCUT2D eigenvalue weighted by Gasteiger charge is 2.32. The number of phenols is 1. The second kappa shape index (κ2) is 15.3. The number of aromatic hydroxyl groups is 1. The molecule has 2 aliphatic heterocycles. The Bertz CT molecular complexity index is 3670. The van der Waals surface area contributed by atoms with Gasteiger partial charge in [0.15, 0.2) is 6.21 Å². The van der Waals surface area contributed by atoms with E-state index in [4.69, 9.17) is 9.40 Å². The number of rotatable bonds is 6. The third kappa shape index (κ3) is 6.18. The maximum atomic E-state index is 11.5. The molecule has 0 radical (unpaired) electrons. The van der Waals surface area contributed by atoms with Crippen LogP contribution in [-0.2, 0) is 0 Å². The van der Waals surface area contributed by atoms with Gasteiger partial charge in [-0.25, -0.2) is 0 Å². The number of para-hydroxylation sites is 3. The SMILES string of the molecule is C=C1/C=C\C=C/N(c2ccc(O)c(-c3cccc(-c4ccc5c(c4)c4ncccc4n5-c4ccccc4)c3)c2)c2ccc3c(C=[N+]4c5ccccc5-c5ccccc54)c(/C=C\C)oc3c21. The summed E-state index contributed by atoms with van der Waals surface area (Å²) in [6.45, 7) is 6.57. The molecule has 0 bridgehead atoms. The molecule has 65 heavy (non-hydrogen) atoms. The van der Waals surface area contributed by atoms with Gasteiger partial charge in [0.2, 0.25) is 11.4 Å². The van der Waals surface area contributed by atoms with E-state index in [9.17, 15) is 5.11 Å². The van der Waals surface area contributed by atoms with Crippen molar-refractivity contribution in [1.82, 2.24) is 14.1 Å². The number of allylic oxidation sites excluding steroid dienone is 5. The second-order valence-corrected chi connectivity index (χ2v) is 16.4. The van der Waals surface area contributed by atoms with E-state index in [-0.39, 0.29) is 5.75 Å². The molecule has 0 unspecified atom stereocenters. The van der Waals surface area contributed by atoms with Crippen LogP contribution in [0.1, 0.15) is 23.8 Å². The maximum Gasteiger partial charge on any atom is 0.219 e. The highest BCUT2D eigenvalue weighted by Crippen LogP contribution is 2.47. The number of phenolic OH excluding ortho intramolecular Hbond substituents is 1. The first-order chi connectivity index (χ1) is 32.0. The van der Waals surface area contributed by atoms with Crippen LogP contribution >= 0.6 is 0 Å². The minimum Gasteiger partial charge on any atom is -0.507 e. The van der Waals surface area contributed by atoms with E-state index < -0.39 is 0 Å². The van der Waals surface area contributed by atoms with Gasteiger partial charge in [-0.2, -0.15) is 4.58 Å². The van der Waals surface area contributed by atoms with Gasteiger partial charge in [-0.1, -0.05) is 91.5 Å². The molecule has 1 N–H and O–H groups in total. The number of hydrogen-bond donors (Lipinski definition) is 1. The summed E-state index contributed by atoms with van der Waals surface area (Å²) in [7, 11) is 0. The van der Waals surface area contributed by atoms with Crippen molar-refractivity contribution in [1.29, 1.82) is 0 Å². The standard InChI is InChI=1S/C59H40N4O2/c1-3-15-56-49(37-62-50-23-9-7-21-44(50)45-22-8-10-24-51(45)62)46-28-30-53-57(59(46)65-56)38(2)16-11-12-33-61(53)43-27-31-55(64)47(36-43)41-18-13-17-39(34-41)40-26-29-52-48(35-40)58-54(25-14-32-60-58)63(52)42-19-5-4-6-20-42/h3-37H,2H2,1H3/p+1/b15-3-,16-11-,33-12-. The molecule has 0 spiro atoms. The molecule has 0 saturated heterocycles. The van der Waals surface area contributed by atoms with Crippen LogP contribution in [0, 0.1) is 0 Å². The Morgan fingerprint density at radius 2 is 1.42 bits per heavy atom. The van der Waals surface area contributed by atoms with Gasteiger partial charge in [-0.15, -0.1) is 0 Å². The summed E-state index contributed by atoms with van der Waals surface area (Å²) in [6.07, 6.45) is 16.2. The van der Waals surface area contributed by atoms with E-state index >= 15 is 0 Å². The molecule has 12 rings (SSSR count). The second-order valence-electron chi connectivity index (χ2n) is 16.4. The van der Waals surface area contributed by atoms with Crippen LogP contribution in [0.2, 0.25) is 0 Å². The summed E-state index contributed by atoms with van der Waals surface area (Å²) in [5.41, 5.74) is 17.8. The zero-order valence-corrected chi connectivity index (χ0v) is 35.6. The van der Waals surface area contributed by atoms with Crippen molar-refractivity contribution in [2.45, 2.75) is 6.92 Å². The van der Waals surface area contributed by atoms with Crippen molar-refractivity contribution in [2.75, 3.05) is 4.90 Å². The molecule has 0 aliphatic carbocycles. The average Bonchev–Trinajstić information content (AvgIpc) is 3.98. The number of benzene rings is 7. The monoisotopic (exact) mass is 837 g/mol. The lowest BCUT2D eigenvalue weighted by atomic mass is 9.96. The summed E-state index contributed by atoms with van der Waals surface area (Å²) in [4.78, 5) is 6.98. The van der Waals surface area contributed by atoms with Crippen molar-refractivity contribution in [3.8, 4) is 44.8 Å². The summed E-state index contributed by atoms with van der Waals surface area (Å²) < 4.78 is 11.4. The normalized spacial score (nSPS) is 14.1. The molecule has 10 aromatic rings. The van der Waals surface area contributed by atoms with Crippen molar-refractivity contribution in [3.05, 3.63) is 224 Å². The van der Waals surface area contributed by atoms with Gasteiger partial charge < -0.3 is 19.0 Å². The predicted octanol–water partition coefficient (Wildman–Crippen LogP) is 15.2. The predicted molar refractivity (Wildman–Crippen MR) is 270 cm³/mol. The van der Waals surface area contributed by atoms with E-state index in [2.05, 4.69) is 173 Å². The van der Waals surface area contributed by atoms with Crippen LogP contribution in [0.25, 0.3) is 83.6 Å². The molecule has 5 heterocycles.